The molecule has 0 spiro atoms. The third-order valence-electron chi connectivity index (χ3n) is 5.31. The van der Waals surface area contributed by atoms with E-state index in [9.17, 15) is 4.79 Å². The van der Waals surface area contributed by atoms with Crippen LogP contribution in [0.25, 0.3) is 0 Å². The van der Waals surface area contributed by atoms with E-state index in [0.717, 1.165) is 43.8 Å². The van der Waals surface area contributed by atoms with Gasteiger partial charge in [0.25, 0.3) is 0 Å². The molecule has 2 aliphatic rings. The number of likely N-dealkylation sites (tertiary alicyclic amines) is 1. The number of piperidine rings is 1. The van der Waals surface area contributed by atoms with E-state index >= 15 is 0 Å². The van der Waals surface area contributed by atoms with Crippen molar-refractivity contribution in [2.24, 2.45) is 11.7 Å². The molecule has 1 unspecified atom stereocenters. The average Bonchev–Trinajstić information content (AvgIpc) is 2.97. The van der Waals surface area contributed by atoms with Gasteiger partial charge >= 0.3 is 0 Å². The molecule has 1 aliphatic carbocycles. The van der Waals surface area contributed by atoms with Crippen molar-refractivity contribution in [2.75, 3.05) is 18.4 Å². The minimum atomic E-state index is -0.664. The molecular weight excluding hydrogens is 357 g/mol. The molecule has 0 radical (unpaired) electrons. The number of hydrogen-bond acceptors (Lipinski definition) is 3. The molecule has 1 aliphatic heterocycles. The van der Waals surface area contributed by atoms with Crippen LogP contribution in [0, 0.1) is 5.92 Å². The number of rotatable bonds is 4. The summed E-state index contributed by atoms with van der Waals surface area (Å²) in [5.74, 6) is 0.766. The van der Waals surface area contributed by atoms with E-state index in [1.54, 1.807) is 0 Å². The molecule has 0 aromatic heterocycles. The zero-order valence-electron chi connectivity index (χ0n) is 15.0. The molecule has 25 heavy (non-hydrogen) atoms. The molecule has 142 valence electrons. The number of nitrogens with two attached hydrogens (primary N) is 1. The van der Waals surface area contributed by atoms with Crippen molar-refractivity contribution in [2.45, 2.75) is 57.5 Å². The van der Waals surface area contributed by atoms with Crippen LogP contribution in [0.3, 0.4) is 0 Å². The lowest BCUT2D eigenvalue weighted by molar-refractivity contribution is -0.121. The van der Waals surface area contributed by atoms with Crippen LogP contribution in [0.5, 0.6) is 0 Å². The van der Waals surface area contributed by atoms with Gasteiger partial charge in [-0.3, -0.25) is 9.69 Å². The predicted molar refractivity (Wildman–Crippen MR) is 109 cm³/mol. The normalized spacial score (nSPS) is 22.6. The number of halogens is 2. The molecule has 0 bridgehead atoms. The Bertz CT molecular complexity index is 544. The van der Waals surface area contributed by atoms with Crippen molar-refractivity contribution in [3.05, 3.63) is 29.8 Å². The first-order valence-corrected chi connectivity index (χ1v) is 8.97. The maximum atomic E-state index is 12.3. The number of hydrogen-bond donors (Lipinski definition) is 2. The van der Waals surface area contributed by atoms with E-state index in [1.807, 2.05) is 12.1 Å². The van der Waals surface area contributed by atoms with Crippen LogP contribution in [0.1, 0.15) is 51.0 Å². The van der Waals surface area contributed by atoms with Crippen LogP contribution < -0.4 is 11.1 Å². The summed E-state index contributed by atoms with van der Waals surface area (Å²) in [5, 5.41) is 2.98. The van der Waals surface area contributed by atoms with Gasteiger partial charge < -0.3 is 11.1 Å². The van der Waals surface area contributed by atoms with Crippen LogP contribution in [0.15, 0.2) is 24.3 Å². The average molecular weight is 388 g/mol. The molecule has 1 aromatic carbocycles. The SMILES string of the molecule is CC1CCCN(Cc2ccc(NC(=O)C3(N)CCCC3)cc2)C1.Cl.Cl. The summed E-state index contributed by atoms with van der Waals surface area (Å²) in [6, 6.07) is 8.23. The molecule has 3 rings (SSSR count). The Kier molecular flexibility index (Phi) is 8.69. The van der Waals surface area contributed by atoms with Gasteiger partial charge in [-0.05, 0) is 55.8 Å². The highest BCUT2D eigenvalue weighted by Gasteiger charge is 2.36. The molecule has 4 nitrogen and oxygen atoms in total. The van der Waals surface area contributed by atoms with Gasteiger partial charge in [-0.1, -0.05) is 31.9 Å². The van der Waals surface area contributed by atoms with Gasteiger partial charge in [-0.25, -0.2) is 0 Å². The van der Waals surface area contributed by atoms with Gasteiger partial charge in [-0.2, -0.15) is 0 Å². The fourth-order valence-electron chi connectivity index (χ4n) is 3.87. The van der Waals surface area contributed by atoms with E-state index in [4.69, 9.17) is 5.73 Å². The van der Waals surface area contributed by atoms with E-state index in [0.29, 0.717) is 0 Å². The van der Waals surface area contributed by atoms with Gasteiger partial charge in [-0.15, -0.1) is 24.8 Å². The lowest BCUT2D eigenvalue weighted by Crippen LogP contribution is -2.48. The van der Waals surface area contributed by atoms with Gasteiger partial charge in [0.2, 0.25) is 5.91 Å². The van der Waals surface area contributed by atoms with E-state index in [1.165, 1.54) is 31.5 Å². The van der Waals surface area contributed by atoms with Crippen LogP contribution in [0.4, 0.5) is 5.69 Å². The summed E-state index contributed by atoms with van der Waals surface area (Å²) in [4.78, 5) is 14.9. The fraction of sp³-hybridized carbons (Fsp3) is 0.632. The fourth-order valence-corrected chi connectivity index (χ4v) is 3.87. The van der Waals surface area contributed by atoms with Crippen LogP contribution in [-0.4, -0.2) is 29.4 Å². The Labute approximate surface area is 163 Å². The Morgan fingerprint density at radius 1 is 1.20 bits per heavy atom. The van der Waals surface area contributed by atoms with Crippen molar-refractivity contribution in [3.63, 3.8) is 0 Å². The minimum Gasteiger partial charge on any atom is -0.324 e. The number of nitrogens with zero attached hydrogens (tertiary/aromatic N) is 1. The van der Waals surface area contributed by atoms with E-state index < -0.39 is 5.54 Å². The van der Waals surface area contributed by atoms with E-state index in [2.05, 4.69) is 29.3 Å². The van der Waals surface area contributed by atoms with Crippen molar-refractivity contribution in [3.8, 4) is 0 Å². The standard InChI is InChI=1S/C19H29N3O.2ClH/c1-15-5-4-12-22(13-15)14-16-6-8-17(9-7-16)21-18(23)19(20)10-2-3-11-19;;/h6-9,15H,2-5,10-14,20H2,1H3,(H,21,23);2*1H. The third kappa shape index (κ3) is 5.85. The van der Waals surface area contributed by atoms with Crippen LogP contribution >= 0.6 is 24.8 Å². The van der Waals surface area contributed by atoms with Crippen LogP contribution in [-0.2, 0) is 11.3 Å². The highest BCUT2D eigenvalue weighted by Crippen LogP contribution is 2.28. The molecule has 1 saturated carbocycles. The molecule has 1 amide bonds. The maximum Gasteiger partial charge on any atom is 0.244 e. The molecule has 1 saturated heterocycles. The Morgan fingerprint density at radius 3 is 2.44 bits per heavy atom. The summed E-state index contributed by atoms with van der Waals surface area (Å²) in [6.07, 6.45) is 6.35. The molecule has 1 atom stereocenters. The smallest absolute Gasteiger partial charge is 0.244 e. The first-order chi connectivity index (χ1) is 11.0. The number of carbonyl (C=O) groups is 1. The van der Waals surface area contributed by atoms with Gasteiger partial charge in [0.15, 0.2) is 0 Å². The number of amides is 1. The summed E-state index contributed by atoms with van der Waals surface area (Å²) in [6.45, 7) is 5.71. The molecular formula is C19H31Cl2N3O. The Hall–Kier alpha value is -0.810. The van der Waals surface area contributed by atoms with Gasteiger partial charge in [0, 0.05) is 18.8 Å². The minimum absolute atomic E-state index is 0. The zero-order valence-corrected chi connectivity index (χ0v) is 16.6. The van der Waals surface area contributed by atoms with E-state index in [-0.39, 0.29) is 30.7 Å². The largest absolute Gasteiger partial charge is 0.324 e. The quantitative estimate of drug-likeness (QED) is 0.821. The molecule has 3 N–H and O–H groups in total. The van der Waals surface area contributed by atoms with Crippen molar-refractivity contribution in [1.29, 1.82) is 0 Å². The summed E-state index contributed by atoms with van der Waals surface area (Å²) < 4.78 is 0. The van der Waals surface area contributed by atoms with Crippen LogP contribution in [0.2, 0.25) is 0 Å². The molecule has 1 heterocycles. The maximum absolute atomic E-state index is 12.3. The molecule has 1 aromatic rings. The van der Waals surface area contributed by atoms with Gasteiger partial charge in [0.05, 0.1) is 5.54 Å². The summed E-state index contributed by atoms with van der Waals surface area (Å²) >= 11 is 0. The zero-order chi connectivity index (χ0) is 16.3. The Morgan fingerprint density at radius 2 is 1.84 bits per heavy atom. The topological polar surface area (TPSA) is 58.4 Å². The third-order valence-corrected chi connectivity index (χ3v) is 5.31. The number of benzene rings is 1. The number of nitrogens with one attached hydrogen (secondary N) is 1. The second-order valence-electron chi connectivity index (χ2n) is 7.50. The lowest BCUT2D eigenvalue weighted by atomic mass is 9.98. The number of anilines is 1. The Balaban J connectivity index is 0.00000156. The summed E-state index contributed by atoms with van der Waals surface area (Å²) in [7, 11) is 0. The lowest BCUT2D eigenvalue weighted by Gasteiger charge is -2.30. The summed E-state index contributed by atoms with van der Waals surface area (Å²) in [5.41, 5.74) is 7.69. The van der Waals surface area contributed by atoms with Gasteiger partial charge in [0.1, 0.15) is 0 Å². The molecule has 2 fully saturated rings. The predicted octanol–water partition coefficient (Wildman–Crippen LogP) is 3.97. The highest BCUT2D eigenvalue weighted by atomic mass is 35.5. The second-order valence-corrected chi connectivity index (χ2v) is 7.50. The molecule has 6 heteroatoms. The first kappa shape index (κ1) is 22.2. The number of carbonyl (C=O) groups excluding carboxylic acids is 1. The van der Waals surface area contributed by atoms with Crippen molar-refractivity contribution < 1.29 is 4.79 Å². The van der Waals surface area contributed by atoms with Crippen molar-refractivity contribution >= 4 is 36.4 Å². The van der Waals surface area contributed by atoms with Crippen molar-refractivity contribution in [1.82, 2.24) is 4.90 Å². The second kappa shape index (κ2) is 9.77. The first-order valence-electron chi connectivity index (χ1n) is 8.97. The highest BCUT2D eigenvalue weighted by molar-refractivity contribution is 5.98. The monoisotopic (exact) mass is 387 g/mol.